The van der Waals surface area contributed by atoms with Crippen LogP contribution in [0.25, 0.3) is 0 Å². The lowest BCUT2D eigenvalue weighted by Crippen LogP contribution is -3.12. The summed E-state index contributed by atoms with van der Waals surface area (Å²) in [6.07, 6.45) is 0. The van der Waals surface area contributed by atoms with Gasteiger partial charge in [0.05, 0.1) is 21.4 Å². The minimum atomic E-state index is -0.188. The smallest absolute Gasteiger partial charge is 0.235 e. The molecule has 0 radical (unpaired) electrons. The lowest BCUT2D eigenvalue weighted by Gasteiger charge is -2.20. The number of quaternary nitrogens is 1. The molecular weight excluding hydrogens is 376 g/mol. The number of aromatic nitrogens is 1. The normalized spacial score (nSPS) is 13.8. The lowest BCUT2D eigenvalue weighted by atomic mass is 10.0. The molecule has 2 atom stereocenters. The average Bonchev–Trinajstić information content (AvgIpc) is 3.00. The maximum absolute atomic E-state index is 12.8. The van der Waals surface area contributed by atoms with E-state index in [-0.39, 0.29) is 17.6 Å². The van der Waals surface area contributed by atoms with E-state index < -0.39 is 0 Å². The van der Waals surface area contributed by atoms with Gasteiger partial charge >= 0.3 is 0 Å². The van der Waals surface area contributed by atoms with E-state index in [0.29, 0.717) is 11.3 Å². The number of rotatable bonds is 6. The fraction of sp³-hybridized carbons (Fsp3) is 0.412. The molecule has 6 heteroatoms. The topological polar surface area (TPSA) is 54.4 Å². The maximum Gasteiger partial charge on any atom is 0.235 e. The summed E-state index contributed by atoms with van der Waals surface area (Å²) in [5.41, 5.74) is 2.73. The molecule has 2 aromatic rings. The monoisotopic (exact) mass is 397 g/mol. The number of H-pyrrole nitrogens is 1. The van der Waals surface area contributed by atoms with Crippen molar-refractivity contribution in [3.05, 3.63) is 43.3 Å². The molecule has 0 aliphatic heterocycles. The third kappa shape index (κ3) is 3.82. The Kier molecular flexibility index (Phi) is 5.60. The van der Waals surface area contributed by atoms with Gasteiger partial charge in [0.15, 0.2) is 11.8 Å². The van der Waals surface area contributed by atoms with Crippen molar-refractivity contribution in [2.24, 2.45) is 0 Å². The molecule has 2 aromatic heterocycles. The highest BCUT2D eigenvalue weighted by molar-refractivity contribution is 9.11. The first-order valence-electron chi connectivity index (χ1n) is 7.53. The highest BCUT2D eigenvalue weighted by Gasteiger charge is 2.28. The molecule has 124 valence electrons. The molecule has 1 unspecified atom stereocenters. The number of aryl methyl sites for hydroxylation is 1. The quantitative estimate of drug-likeness (QED) is 0.736. The van der Waals surface area contributed by atoms with Crippen LogP contribution in [0.4, 0.5) is 0 Å². The van der Waals surface area contributed by atoms with Crippen LogP contribution in [0.3, 0.4) is 0 Å². The van der Waals surface area contributed by atoms with Gasteiger partial charge in [0.1, 0.15) is 6.54 Å². The van der Waals surface area contributed by atoms with Gasteiger partial charge in [-0.05, 0) is 61.3 Å². The number of halogens is 1. The van der Waals surface area contributed by atoms with Crippen LogP contribution in [0.5, 0.6) is 0 Å². The Morgan fingerprint density at radius 3 is 2.48 bits per heavy atom. The van der Waals surface area contributed by atoms with Gasteiger partial charge in [0.2, 0.25) is 5.78 Å². The van der Waals surface area contributed by atoms with E-state index in [1.54, 1.807) is 11.3 Å². The summed E-state index contributed by atoms with van der Waals surface area (Å²) in [7, 11) is 2.02. The van der Waals surface area contributed by atoms with E-state index in [9.17, 15) is 9.59 Å². The first-order valence-corrected chi connectivity index (χ1v) is 9.14. The zero-order chi connectivity index (χ0) is 17.3. The first kappa shape index (κ1) is 18.1. The van der Waals surface area contributed by atoms with Crippen LogP contribution in [0.15, 0.2) is 15.9 Å². The van der Waals surface area contributed by atoms with Crippen molar-refractivity contribution in [2.45, 2.75) is 40.3 Å². The minimum absolute atomic E-state index is 0.00732. The van der Waals surface area contributed by atoms with E-state index in [2.05, 4.69) is 27.0 Å². The molecule has 4 nitrogen and oxygen atoms in total. The van der Waals surface area contributed by atoms with Crippen molar-refractivity contribution in [2.75, 3.05) is 7.05 Å². The van der Waals surface area contributed by atoms with Crippen molar-refractivity contribution in [3.63, 3.8) is 0 Å². The predicted molar refractivity (Wildman–Crippen MR) is 96.7 cm³/mol. The summed E-state index contributed by atoms with van der Waals surface area (Å²) in [6.45, 7) is 7.94. The molecule has 23 heavy (non-hydrogen) atoms. The third-order valence-electron chi connectivity index (χ3n) is 4.25. The van der Waals surface area contributed by atoms with Gasteiger partial charge < -0.3 is 9.88 Å². The molecule has 2 heterocycles. The molecule has 0 aromatic carbocycles. The van der Waals surface area contributed by atoms with Crippen molar-refractivity contribution >= 4 is 38.8 Å². The molecule has 0 amide bonds. The summed E-state index contributed by atoms with van der Waals surface area (Å²) in [4.78, 5) is 30.0. The number of carbonyl (C=O) groups is 2. The van der Waals surface area contributed by atoms with Crippen LogP contribution in [-0.2, 0) is 6.54 Å². The SMILES string of the molecule is CC(=O)c1c(C)[nH]c(C(=O)[C@H](C)[NH+](C)Cc2ccc(Br)s2)c1C. The van der Waals surface area contributed by atoms with Crippen LogP contribution in [0, 0.1) is 13.8 Å². The standard InChI is InChI=1S/C17H21BrN2O2S/c1-9-15(12(4)21)10(2)19-16(9)17(22)11(3)20(5)8-13-6-7-14(18)23-13/h6-7,11,19H,8H2,1-5H3/p+1/t11-/m0/s1. The number of hydrogen-bond donors (Lipinski definition) is 2. The van der Waals surface area contributed by atoms with Gasteiger partial charge in [-0.25, -0.2) is 0 Å². The van der Waals surface area contributed by atoms with Crippen molar-refractivity contribution < 1.29 is 14.5 Å². The van der Waals surface area contributed by atoms with Crippen LogP contribution in [0.1, 0.15) is 50.8 Å². The van der Waals surface area contributed by atoms with E-state index >= 15 is 0 Å². The molecule has 0 aliphatic carbocycles. The van der Waals surface area contributed by atoms with E-state index in [1.165, 1.54) is 11.8 Å². The zero-order valence-corrected chi connectivity index (χ0v) is 16.4. The van der Waals surface area contributed by atoms with Crippen LogP contribution in [-0.4, -0.2) is 29.6 Å². The zero-order valence-electron chi connectivity index (χ0n) is 14.0. The summed E-state index contributed by atoms with van der Waals surface area (Å²) < 4.78 is 1.10. The molecule has 2 N–H and O–H groups in total. The maximum atomic E-state index is 12.8. The first-order chi connectivity index (χ1) is 10.7. The van der Waals surface area contributed by atoms with E-state index in [0.717, 1.165) is 26.5 Å². The molecule has 0 spiro atoms. The van der Waals surface area contributed by atoms with Crippen molar-refractivity contribution in [3.8, 4) is 0 Å². The Hall–Kier alpha value is -1.24. The van der Waals surface area contributed by atoms with Gasteiger partial charge in [-0.3, -0.25) is 9.59 Å². The van der Waals surface area contributed by atoms with Gasteiger partial charge in [-0.1, -0.05) is 0 Å². The predicted octanol–water partition coefficient (Wildman–Crippen LogP) is 2.94. The minimum Gasteiger partial charge on any atom is -0.355 e. The van der Waals surface area contributed by atoms with Crippen molar-refractivity contribution in [1.29, 1.82) is 0 Å². The molecule has 0 saturated heterocycles. The number of hydrogen-bond acceptors (Lipinski definition) is 3. The number of ketones is 2. The molecule has 0 fully saturated rings. The fourth-order valence-electron chi connectivity index (χ4n) is 2.84. The Bertz CT molecular complexity index is 748. The summed E-state index contributed by atoms with van der Waals surface area (Å²) in [5.74, 6) is 0.0401. The largest absolute Gasteiger partial charge is 0.355 e. The highest BCUT2D eigenvalue weighted by atomic mass is 79.9. The molecule has 0 aliphatic rings. The third-order valence-corrected chi connectivity index (χ3v) is 5.87. The molecule has 2 rings (SSSR count). The van der Waals surface area contributed by atoms with Gasteiger partial charge in [0.25, 0.3) is 0 Å². The van der Waals surface area contributed by atoms with Gasteiger partial charge in [-0.2, -0.15) is 0 Å². The summed E-state index contributed by atoms with van der Waals surface area (Å²) in [6, 6.07) is 3.91. The highest BCUT2D eigenvalue weighted by Crippen LogP contribution is 2.22. The van der Waals surface area contributed by atoms with Crippen LogP contribution in [0.2, 0.25) is 0 Å². The van der Waals surface area contributed by atoms with Crippen LogP contribution >= 0.6 is 27.3 Å². The number of aromatic amines is 1. The second kappa shape index (κ2) is 7.11. The van der Waals surface area contributed by atoms with Crippen molar-refractivity contribution in [1.82, 2.24) is 4.98 Å². The number of likely N-dealkylation sites (N-methyl/N-ethyl adjacent to an activating group) is 1. The van der Waals surface area contributed by atoms with E-state index in [1.807, 2.05) is 33.9 Å². The number of Topliss-reactive ketones (excluding diaryl/α,β-unsaturated/α-hetero) is 2. The molecule has 0 bridgehead atoms. The Labute approximate surface area is 149 Å². The number of nitrogens with one attached hydrogen (secondary N) is 2. The number of carbonyl (C=O) groups excluding carboxylic acids is 2. The molecular formula is C17H22BrN2O2S+. The second-order valence-electron chi connectivity index (χ2n) is 6.00. The summed E-state index contributed by atoms with van der Waals surface area (Å²) in [5, 5.41) is 0. The van der Waals surface area contributed by atoms with Gasteiger partial charge in [0, 0.05) is 11.3 Å². The Balaban J connectivity index is 2.19. The van der Waals surface area contributed by atoms with Gasteiger partial charge in [-0.15, -0.1) is 11.3 Å². The Morgan fingerprint density at radius 1 is 1.35 bits per heavy atom. The average molecular weight is 398 g/mol. The second-order valence-corrected chi connectivity index (χ2v) is 8.54. The fourth-order valence-corrected chi connectivity index (χ4v) is 4.42. The van der Waals surface area contributed by atoms with Crippen LogP contribution < -0.4 is 4.90 Å². The number of thiophene rings is 1. The van der Waals surface area contributed by atoms with E-state index in [4.69, 9.17) is 0 Å². The molecule has 0 saturated carbocycles. The Morgan fingerprint density at radius 2 is 2.00 bits per heavy atom. The lowest BCUT2D eigenvalue weighted by molar-refractivity contribution is -0.907. The summed E-state index contributed by atoms with van der Waals surface area (Å²) >= 11 is 5.15.